The minimum absolute atomic E-state index is 0.308. The molecule has 0 bridgehead atoms. The molecule has 4 aliphatic rings. The summed E-state index contributed by atoms with van der Waals surface area (Å²) < 4.78 is 0. The third kappa shape index (κ3) is 7.76. The molecule has 1 fully saturated rings. The van der Waals surface area contributed by atoms with Crippen LogP contribution in [0.3, 0.4) is 0 Å². The van der Waals surface area contributed by atoms with Gasteiger partial charge in [-0.05, 0) is 107 Å². The Morgan fingerprint density at radius 3 is 2.70 bits per heavy atom. The number of halogens is 1. The molecule has 2 N–H and O–H groups in total. The molecule has 0 aromatic heterocycles. The quantitative estimate of drug-likeness (QED) is 0.285. The van der Waals surface area contributed by atoms with Gasteiger partial charge in [0, 0.05) is 42.3 Å². The summed E-state index contributed by atoms with van der Waals surface area (Å²) in [7, 11) is 0. The summed E-state index contributed by atoms with van der Waals surface area (Å²) in [6, 6.07) is 0.555. The summed E-state index contributed by atoms with van der Waals surface area (Å²) in [6.45, 7) is 17.8. The average Bonchev–Trinajstić information content (AvgIpc) is 2.87. The molecule has 4 heteroatoms. The molecule has 4 rings (SSSR count). The molecule has 0 aromatic carbocycles. The van der Waals surface area contributed by atoms with Gasteiger partial charge in [0.2, 0.25) is 0 Å². The first-order valence-corrected chi connectivity index (χ1v) is 15.8. The Labute approximate surface area is 233 Å². The summed E-state index contributed by atoms with van der Waals surface area (Å²) >= 11 is 6.25. The highest BCUT2D eigenvalue weighted by atomic mass is 35.5. The lowest BCUT2D eigenvalue weighted by Gasteiger charge is -2.47. The van der Waals surface area contributed by atoms with Crippen molar-refractivity contribution in [2.45, 2.75) is 92.0 Å². The van der Waals surface area contributed by atoms with Crippen molar-refractivity contribution in [1.29, 1.82) is 0 Å². The summed E-state index contributed by atoms with van der Waals surface area (Å²) in [4.78, 5) is 2.75. The van der Waals surface area contributed by atoms with E-state index in [9.17, 15) is 0 Å². The summed E-state index contributed by atoms with van der Waals surface area (Å²) in [5.74, 6) is 3.47. The molecule has 0 spiro atoms. The van der Waals surface area contributed by atoms with Gasteiger partial charge in [-0.15, -0.1) is 0 Å². The van der Waals surface area contributed by atoms with Crippen molar-refractivity contribution in [3.63, 3.8) is 0 Å². The van der Waals surface area contributed by atoms with Crippen molar-refractivity contribution in [2.75, 3.05) is 32.7 Å². The van der Waals surface area contributed by atoms with Crippen molar-refractivity contribution in [3.8, 4) is 0 Å². The van der Waals surface area contributed by atoms with Gasteiger partial charge in [0.25, 0.3) is 0 Å². The number of nitrogens with one attached hydrogen (secondary N) is 2. The van der Waals surface area contributed by atoms with E-state index in [1.165, 1.54) is 63.9 Å². The smallest absolute Gasteiger partial charge is 0.0218 e. The summed E-state index contributed by atoms with van der Waals surface area (Å²) in [6.07, 6.45) is 21.9. The molecule has 1 heterocycles. The monoisotopic (exact) mass is 527 g/mol. The first-order chi connectivity index (χ1) is 17.8. The molecule has 5 atom stereocenters. The van der Waals surface area contributed by atoms with Crippen molar-refractivity contribution in [2.24, 2.45) is 35.0 Å². The minimum atomic E-state index is 0.308. The van der Waals surface area contributed by atoms with E-state index in [-0.39, 0.29) is 0 Å². The molecule has 3 aliphatic carbocycles. The Bertz CT molecular complexity index is 867. The fourth-order valence-electron chi connectivity index (χ4n) is 7.56. The number of piperidine rings is 1. The predicted molar refractivity (Wildman–Crippen MR) is 161 cm³/mol. The number of nitrogens with zero attached hydrogens (tertiary/aromatic N) is 1. The van der Waals surface area contributed by atoms with Crippen molar-refractivity contribution >= 4 is 11.6 Å². The Balaban J connectivity index is 1.29. The molecule has 3 nitrogen and oxygen atoms in total. The van der Waals surface area contributed by atoms with Crippen molar-refractivity contribution < 1.29 is 0 Å². The highest BCUT2D eigenvalue weighted by Gasteiger charge is 2.38. The van der Waals surface area contributed by atoms with Gasteiger partial charge < -0.3 is 15.5 Å². The van der Waals surface area contributed by atoms with Gasteiger partial charge in [-0.1, -0.05) is 69.2 Å². The van der Waals surface area contributed by atoms with Gasteiger partial charge in [-0.25, -0.2) is 0 Å². The zero-order valence-corrected chi connectivity index (χ0v) is 25.1. The maximum Gasteiger partial charge on any atom is 0.0218 e. The lowest BCUT2D eigenvalue weighted by Crippen LogP contribution is -2.52. The zero-order valence-electron chi connectivity index (χ0n) is 24.4. The van der Waals surface area contributed by atoms with E-state index in [0.717, 1.165) is 36.9 Å². The first-order valence-electron chi connectivity index (χ1n) is 15.4. The van der Waals surface area contributed by atoms with Gasteiger partial charge in [-0.2, -0.15) is 0 Å². The van der Waals surface area contributed by atoms with Crippen LogP contribution in [0.1, 0.15) is 86.0 Å². The van der Waals surface area contributed by atoms with Crippen LogP contribution in [0.4, 0.5) is 0 Å². The van der Waals surface area contributed by atoms with Crippen LogP contribution in [-0.4, -0.2) is 43.7 Å². The van der Waals surface area contributed by atoms with E-state index in [1.54, 1.807) is 5.57 Å². The van der Waals surface area contributed by atoms with Gasteiger partial charge in [-0.3, -0.25) is 0 Å². The largest absolute Gasteiger partial charge is 0.389 e. The van der Waals surface area contributed by atoms with Crippen LogP contribution in [0.2, 0.25) is 0 Å². The lowest BCUT2D eigenvalue weighted by molar-refractivity contribution is 0.0598. The van der Waals surface area contributed by atoms with Crippen LogP contribution in [0.15, 0.2) is 46.7 Å². The van der Waals surface area contributed by atoms with Crippen LogP contribution in [0, 0.1) is 35.0 Å². The minimum Gasteiger partial charge on any atom is -0.389 e. The topological polar surface area (TPSA) is 27.3 Å². The summed E-state index contributed by atoms with van der Waals surface area (Å²) in [5.41, 5.74) is 3.45. The SMILES string of the molecule is CCNC1=CCCCC1C1C=CCC(CN[C@@H](CN2CC[C@H](C3=CC=C(Cl)CC3)C(C)(C)C2)C(C)C)C1. The molecule has 0 radical (unpaired) electrons. The van der Waals surface area contributed by atoms with Crippen molar-refractivity contribution in [1.82, 2.24) is 15.5 Å². The Morgan fingerprint density at radius 1 is 1.16 bits per heavy atom. The van der Waals surface area contributed by atoms with Crippen molar-refractivity contribution in [3.05, 3.63) is 46.7 Å². The van der Waals surface area contributed by atoms with Gasteiger partial charge in [0.15, 0.2) is 0 Å². The van der Waals surface area contributed by atoms with E-state index in [1.807, 2.05) is 0 Å². The molecule has 208 valence electrons. The zero-order chi connectivity index (χ0) is 26.4. The van der Waals surface area contributed by atoms with E-state index in [0.29, 0.717) is 35.1 Å². The number of hydrogen-bond acceptors (Lipinski definition) is 3. The summed E-state index contributed by atoms with van der Waals surface area (Å²) in [5, 5.41) is 8.76. The second kappa shape index (κ2) is 13.4. The Hall–Kier alpha value is -1.03. The van der Waals surface area contributed by atoms with Crippen LogP contribution < -0.4 is 10.6 Å². The standard InChI is InChI=1S/C33H54ClN3/c1-6-35-31-13-8-7-12-29(31)27-11-9-10-25(20-27)21-36-32(24(2)3)22-37-19-18-30(33(4,5)23-37)26-14-16-28(34)17-15-26/h9,11,13-14,16,24-25,27,29-30,32,35-36H,6-8,10,12,15,17-23H2,1-5H3/t25?,27?,29?,30-,32+/m1/s1. The molecule has 0 saturated carbocycles. The lowest BCUT2D eigenvalue weighted by atomic mass is 9.68. The van der Waals surface area contributed by atoms with Crippen LogP contribution in [0.5, 0.6) is 0 Å². The second-order valence-corrected chi connectivity index (χ2v) is 13.8. The number of likely N-dealkylation sites (tertiary alicyclic amines) is 1. The molecule has 0 amide bonds. The molecule has 1 saturated heterocycles. The van der Waals surface area contributed by atoms with Gasteiger partial charge in [0.1, 0.15) is 0 Å². The highest BCUT2D eigenvalue weighted by Crippen LogP contribution is 2.43. The maximum atomic E-state index is 6.25. The molecular formula is C33H54ClN3. The third-order valence-corrected chi connectivity index (χ3v) is 9.97. The highest BCUT2D eigenvalue weighted by molar-refractivity contribution is 6.29. The fraction of sp³-hybridized carbons (Fsp3) is 0.758. The van der Waals surface area contributed by atoms with Crippen LogP contribution in [0.25, 0.3) is 0 Å². The number of hydrogen-bond donors (Lipinski definition) is 2. The molecule has 0 aromatic rings. The molecule has 1 aliphatic heterocycles. The first kappa shape index (κ1) is 29.0. The van der Waals surface area contributed by atoms with E-state index >= 15 is 0 Å². The maximum absolute atomic E-state index is 6.25. The fourth-order valence-corrected chi connectivity index (χ4v) is 7.72. The van der Waals surface area contributed by atoms with E-state index in [4.69, 9.17) is 11.6 Å². The van der Waals surface area contributed by atoms with Crippen LogP contribution >= 0.6 is 11.6 Å². The molecular weight excluding hydrogens is 474 g/mol. The van der Waals surface area contributed by atoms with Gasteiger partial charge in [0.05, 0.1) is 0 Å². The molecule has 3 unspecified atom stereocenters. The number of rotatable bonds is 10. The van der Waals surface area contributed by atoms with Gasteiger partial charge >= 0.3 is 0 Å². The average molecular weight is 528 g/mol. The number of allylic oxidation sites excluding steroid dienone is 8. The van der Waals surface area contributed by atoms with Crippen LogP contribution in [-0.2, 0) is 0 Å². The molecule has 37 heavy (non-hydrogen) atoms. The van der Waals surface area contributed by atoms with E-state index in [2.05, 4.69) is 80.5 Å². The normalized spacial score (nSPS) is 31.5. The Morgan fingerprint density at radius 2 is 2.00 bits per heavy atom. The Kier molecular flexibility index (Phi) is 10.5. The van der Waals surface area contributed by atoms with E-state index < -0.39 is 0 Å². The predicted octanol–water partition coefficient (Wildman–Crippen LogP) is 7.67. The second-order valence-electron chi connectivity index (χ2n) is 13.3. The third-order valence-electron chi connectivity index (χ3n) is 9.65.